The maximum Gasteiger partial charge on any atom is 0.242 e. The number of nitrogens with two attached hydrogens (primary N) is 1. The van der Waals surface area contributed by atoms with Gasteiger partial charge in [-0.3, -0.25) is 0 Å². The molecule has 0 aliphatic carbocycles. The lowest BCUT2D eigenvalue weighted by molar-refractivity contribution is 0.546. The number of thiophene rings is 1. The lowest BCUT2D eigenvalue weighted by atomic mass is 10.1. The van der Waals surface area contributed by atoms with Gasteiger partial charge in [0.05, 0.1) is 0 Å². The highest BCUT2D eigenvalue weighted by atomic mass is 32.2. The topological polar surface area (TPSA) is 72.2 Å². The molecular formula is C14H18N2O2S3. The van der Waals surface area contributed by atoms with E-state index in [1.54, 1.807) is 0 Å². The Morgan fingerprint density at radius 3 is 2.86 bits per heavy atom. The second-order valence-corrected chi connectivity index (χ2v) is 9.13. The molecule has 2 aromatic rings. The van der Waals surface area contributed by atoms with Gasteiger partial charge >= 0.3 is 0 Å². The maximum atomic E-state index is 12.7. The summed E-state index contributed by atoms with van der Waals surface area (Å²) in [6.07, 6.45) is 1.08. The second kappa shape index (κ2) is 6.26. The molecule has 0 spiro atoms. The number of thioether (sulfide) groups is 1. The third kappa shape index (κ3) is 3.12. The number of fused-ring (bicyclic) bond motifs is 1. The van der Waals surface area contributed by atoms with Crippen LogP contribution in [-0.2, 0) is 16.6 Å². The van der Waals surface area contributed by atoms with E-state index in [1.165, 1.54) is 11.3 Å². The van der Waals surface area contributed by atoms with Crippen LogP contribution >= 0.6 is 23.1 Å². The molecule has 7 heteroatoms. The van der Waals surface area contributed by atoms with Crippen molar-refractivity contribution in [1.29, 1.82) is 0 Å². The van der Waals surface area contributed by atoms with Crippen molar-refractivity contribution in [2.24, 2.45) is 11.7 Å². The van der Waals surface area contributed by atoms with E-state index in [4.69, 9.17) is 5.73 Å². The van der Waals surface area contributed by atoms with Crippen LogP contribution in [-0.4, -0.2) is 26.5 Å². The highest BCUT2D eigenvalue weighted by molar-refractivity contribution is 7.99. The van der Waals surface area contributed by atoms with Gasteiger partial charge in [-0.15, -0.1) is 11.3 Å². The summed E-state index contributed by atoms with van der Waals surface area (Å²) in [5.74, 6) is 2.61. The number of benzene rings is 1. The number of hydrogen-bond donors (Lipinski definition) is 2. The number of rotatable bonds is 5. The summed E-state index contributed by atoms with van der Waals surface area (Å²) < 4.78 is 29.1. The van der Waals surface area contributed by atoms with E-state index in [1.807, 2.05) is 36.0 Å². The molecule has 1 saturated heterocycles. The van der Waals surface area contributed by atoms with Crippen LogP contribution in [0, 0.1) is 5.92 Å². The molecule has 1 fully saturated rings. The fourth-order valence-corrected chi connectivity index (χ4v) is 6.78. The van der Waals surface area contributed by atoms with Crippen LogP contribution in [0.1, 0.15) is 11.3 Å². The zero-order valence-corrected chi connectivity index (χ0v) is 14.0. The Balaban J connectivity index is 1.93. The minimum absolute atomic E-state index is 0.245. The van der Waals surface area contributed by atoms with Gasteiger partial charge in [-0.25, -0.2) is 13.1 Å². The quantitative estimate of drug-likeness (QED) is 0.875. The molecule has 0 amide bonds. The highest BCUT2D eigenvalue weighted by Crippen LogP contribution is 2.34. The monoisotopic (exact) mass is 342 g/mol. The van der Waals surface area contributed by atoms with Gasteiger partial charge in [-0.2, -0.15) is 11.8 Å². The molecule has 0 saturated carbocycles. The minimum Gasteiger partial charge on any atom is -0.326 e. The molecule has 2 heterocycles. The van der Waals surface area contributed by atoms with Gasteiger partial charge in [0.1, 0.15) is 4.90 Å². The molecule has 1 aliphatic heterocycles. The summed E-state index contributed by atoms with van der Waals surface area (Å²) >= 11 is 3.35. The van der Waals surface area contributed by atoms with E-state index in [2.05, 4.69) is 4.72 Å². The third-order valence-corrected chi connectivity index (χ3v) is 7.76. The summed E-state index contributed by atoms with van der Waals surface area (Å²) in [6.45, 7) is 0.762. The second-order valence-electron chi connectivity index (χ2n) is 5.14. The van der Waals surface area contributed by atoms with Crippen LogP contribution in [0.4, 0.5) is 0 Å². The first-order valence-electron chi connectivity index (χ1n) is 6.89. The van der Waals surface area contributed by atoms with Crippen molar-refractivity contribution in [2.45, 2.75) is 17.9 Å². The van der Waals surface area contributed by atoms with Crippen LogP contribution in [0.3, 0.4) is 0 Å². The Bertz CT molecular complexity index is 734. The molecule has 3 N–H and O–H groups in total. The lowest BCUT2D eigenvalue weighted by Crippen LogP contribution is -2.30. The Kier molecular flexibility index (Phi) is 4.56. The molecule has 1 unspecified atom stereocenters. The largest absolute Gasteiger partial charge is 0.326 e. The fraction of sp³-hybridized carbons (Fsp3) is 0.429. The van der Waals surface area contributed by atoms with E-state index in [0.29, 0.717) is 17.4 Å². The van der Waals surface area contributed by atoms with Gasteiger partial charge in [0.15, 0.2) is 0 Å². The van der Waals surface area contributed by atoms with Crippen LogP contribution in [0.2, 0.25) is 0 Å². The van der Waals surface area contributed by atoms with E-state index in [0.717, 1.165) is 32.9 Å². The minimum atomic E-state index is -3.50. The molecule has 1 aromatic heterocycles. The molecule has 0 radical (unpaired) electrons. The smallest absolute Gasteiger partial charge is 0.242 e. The molecule has 3 rings (SSSR count). The maximum absolute atomic E-state index is 12.7. The zero-order chi connectivity index (χ0) is 14.9. The molecule has 1 atom stereocenters. The van der Waals surface area contributed by atoms with Gasteiger partial charge in [0.2, 0.25) is 10.0 Å². The molecule has 0 bridgehead atoms. The molecule has 4 nitrogen and oxygen atoms in total. The number of nitrogens with one attached hydrogen (secondary N) is 1. The summed E-state index contributed by atoms with van der Waals surface area (Å²) in [4.78, 5) is 1.10. The number of sulfonamides is 1. The first-order valence-corrected chi connectivity index (χ1v) is 10.3. The van der Waals surface area contributed by atoms with E-state index < -0.39 is 10.0 Å². The lowest BCUT2D eigenvalue weighted by Gasteiger charge is -2.11. The van der Waals surface area contributed by atoms with Crippen molar-refractivity contribution < 1.29 is 8.42 Å². The van der Waals surface area contributed by atoms with Crippen LogP contribution in [0.5, 0.6) is 0 Å². The van der Waals surface area contributed by atoms with Crippen molar-refractivity contribution in [3.8, 4) is 0 Å². The van der Waals surface area contributed by atoms with Crippen molar-refractivity contribution in [3.05, 3.63) is 29.1 Å². The summed E-state index contributed by atoms with van der Waals surface area (Å²) in [5.41, 5.74) is 5.74. The van der Waals surface area contributed by atoms with Crippen LogP contribution < -0.4 is 10.5 Å². The summed E-state index contributed by atoms with van der Waals surface area (Å²) in [5, 5.41) is 0.774. The summed E-state index contributed by atoms with van der Waals surface area (Å²) in [7, 11) is -3.50. The first kappa shape index (κ1) is 15.3. The predicted octanol–water partition coefficient (Wildman–Crippen LogP) is 2.39. The van der Waals surface area contributed by atoms with Crippen LogP contribution in [0.25, 0.3) is 10.1 Å². The standard InChI is InChI=1S/C14H18N2O2S3/c15-7-13-14(11-3-1-2-4-12(11)20-13)21(17,18)16-8-10-5-6-19-9-10/h1-4,10,16H,5-9,15H2. The zero-order valence-electron chi connectivity index (χ0n) is 11.5. The van der Waals surface area contributed by atoms with Crippen molar-refractivity contribution >= 4 is 43.2 Å². The fourth-order valence-electron chi connectivity index (χ4n) is 2.55. The highest BCUT2D eigenvalue weighted by Gasteiger charge is 2.25. The van der Waals surface area contributed by atoms with Crippen molar-refractivity contribution in [3.63, 3.8) is 0 Å². The van der Waals surface area contributed by atoms with Gasteiger partial charge in [0, 0.05) is 28.1 Å². The SMILES string of the molecule is NCc1sc2ccccc2c1S(=O)(=O)NCC1CCSC1. The van der Waals surface area contributed by atoms with Crippen molar-refractivity contribution in [2.75, 3.05) is 18.1 Å². The predicted molar refractivity (Wildman–Crippen MR) is 90.3 cm³/mol. The van der Waals surface area contributed by atoms with E-state index >= 15 is 0 Å². The van der Waals surface area contributed by atoms with Crippen LogP contribution in [0.15, 0.2) is 29.2 Å². The van der Waals surface area contributed by atoms with E-state index in [9.17, 15) is 8.42 Å². The molecular weight excluding hydrogens is 324 g/mol. The molecule has 21 heavy (non-hydrogen) atoms. The van der Waals surface area contributed by atoms with Gasteiger partial charge in [-0.05, 0) is 29.9 Å². The molecule has 114 valence electrons. The Labute approximate surface area is 133 Å². The van der Waals surface area contributed by atoms with Crippen molar-refractivity contribution in [1.82, 2.24) is 4.72 Å². The first-order chi connectivity index (χ1) is 10.1. The average Bonchev–Trinajstić information content (AvgIpc) is 3.12. The average molecular weight is 343 g/mol. The molecule has 1 aromatic carbocycles. The third-order valence-electron chi connectivity index (χ3n) is 3.66. The number of hydrogen-bond acceptors (Lipinski definition) is 5. The summed E-state index contributed by atoms with van der Waals surface area (Å²) in [6, 6.07) is 7.57. The van der Waals surface area contributed by atoms with Gasteiger partial charge in [-0.1, -0.05) is 18.2 Å². The Morgan fingerprint density at radius 2 is 2.14 bits per heavy atom. The van der Waals surface area contributed by atoms with Gasteiger partial charge < -0.3 is 5.73 Å². The molecule has 1 aliphatic rings. The van der Waals surface area contributed by atoms with Gasteiger partial charge in [0.25, 0.3) is 0 Å². The Morgan fingerprint density at radius 1 is 1.33 bits per heavy atom. The Hall–Kier alpha value is -0.600. The van der Waals surface area contributed by atoms with E-state index in [-0.39, 0.29) is 6.54 Å². The normalized spacial score (nSPS) is 19.4.